The van der Waals surface area contributed by atoms with Crippen LogP contribution in [0.15, 0.2) is 18.2 Å². The second-order valence-electron chi connectivity index (χ2n) is 5.18. The van der Waals surface area contributed by atoms with Crippen LogP contribution in [0.4, 0.5) is 5.69 Å². The molecule has 0 saturated heterocycles. The largest absolute Gasteiger partial charge is 0.268 e. The van der Waals surface area contributed by atoms with Crippen molar-refractivity contribution >= 4 is 28.8 Å². The summed E-state index contributed by atoms with van der Waals surface area (Å²) < 4.78 is 0. The Labute approximate surface area is 121 Å². The Balaban J connectivity index is 2.14. The average molecular weight is 285 g/mol. The Morgan fingerprint density at radius 1 is 0.850 bits per heavy atom. The number of carbonyl (C=O) groups is 2. The molecule has 0 spiro atoms. The molecule has 1 aromatic heterocycles. The smallest absolute Gasteiger partial charge is 0.267 e. The Morgan fingerprint density at radius 2 is 1.40 bits per heavy atom. The number of rotatable bonds is 1. The molecule has 2 amide bonds. The SMILES string of the molecule is Cc1ccc(N2C(=O)c3c(C)sc(C)c3C2=O)cc1C. The number of carbonyl (C=O) groups excluding carboxylic acids is 2. The van der Waals surface area contributed by atoms with Crippen molar-refractivity contribution in [3.05, 3.63) is 50.2 Å². The van der Waals surface area contributed by atoms with Crippen molar-refractivity contribution in [2.75, 3.05) is 4.90 Å². The lowest BCUT2D eigenvalue weighted by atomic mass is 10.1. The number of benzene rings is 1. The maximum atomic E-state index is 12.5. The van der Waals surface area contributed by atoms with Crippen molar-refractivity contribution < 1.29 is 9.59 Å². The van der Waals surface area contributed by atoms with Gasteiger partial charge in [0.05, 0.1) is 16.8 Å². The number of amides is 2. The number of aryl methyl sites for hydroxylation is 4. The summed E-state index contributed by atoms with van der Waals surface area (Å²) >= 11 is 1.51. The third kappa shape index (κ3) is 1.64. The fraction of sp³-hybridized carbons (Fsp3) is 0.250. The summed E-state index contributed by atoms with van der Waals surface area (Å²) in [6, 6.07) is 5.67. The zero-order valence-electron chi connectivity index (χ0n) is 11.9. The molecule has 0 N–H and O–H groups in total. The third-order valence-corrected chi connectivity index (χ3v) is 4.86. The maximum absolute atomic E-state index is 12.5. The minimum atomic E-state index is -0.199. The van der Waals surface area contributed by atoms with Crippen LogP contribution in [0, 0.1) is 27.7 Å². The minimum Gasteiger partial charge on any atom is -0.268 e. The zero-order chi connectivity index (χ0) is 14.6. The Morgan fingerprint density at radius 3 is 1.90 bits per heavy atom. The molecule has 0 radical (unpaired) electrons. The fourth-order valence-corrected chi connectivity index (χ4v) is 3.66. The fourth-order valence-electron chi connectivity index (χ4n) is 2.61. The minimum absolute atomic E-state index is 0.199. The van der Waals surface area contributed by atoms with Crippen molar-refractivity contribution in [2.45, 2.75) is 27.7 Å². The van der Waals surface area contributed by atoms with Gasteiger partial charge in [0.25, 0.3) is 11.8 Å². The van der Waals surface area contributed by atoms with E-state index in [2.05, 4.69) is 0 Å². The summed E-state index contributed by atoms with van der Waals surface area (Å²) in [5.74, 6) is -0.398. The van der Waals surface area contributed by atoms with E-state index < -0.39 is 0 Å². The number of nitrogens with zero attached hydrogens (tertiary/aromatic N) is 1. The van der Waals surface area contributed by atoms with Crippen LogP contribution in [0.3, 0.4) is 0 Å². The molecule has 4 heteroatoms. The summed E-state index contributed by atoms with van der Waals surface area (Å²) in [5, 5.41) is 0. The molecule has 0 aliphatic carbocycles. The van der Waals surface area contributed by atoms with Gasteiger partial charge in [-0.3, -0.25) is 9.59 Å². The van der Waals surface area contributed by atoms with Gasteiger partial charge in [0.1, 0.15) is 0 Å². The average Bonchev–Trinajstić information content (AvgIpc) is 2.82. The van der Waals surface area contributed by atoms with E-state index in [9.17, 15) is 9.59 Å². The van der Waals surface area contributed by atoms with E-state index in [1.54, 1.807) is 0 Å². The van der Waals surface area contributed by atoms with Crippen LogP contribution in [0.25, 0.3) is 0 Å². The quantitative estimate of drug-likeness (QED) is 0.748. The van der Waals surface area contributed by atoms with Gasteiger partial charge in [0.2, 0.25) is 0 Å². The molecule has 2 aromatic rings. The molecule has 0 atom stereocenters. The van der Waals surface area contributed by atoms with E-state index in [0.29, 0.717) is 16.8 Å². The third-order valence-electron chi connectivity index (χ3n) is 3.84. The summed E-state index contributed by atoms with van der Waals surface area (Å²) in [6.07, 6.45) is 0. The van der Waals surface area contributed by atoms with Crippen molar-refractivity contribution in [1.82, 2.24) is 0 Å². The van der Waals surface area contributed by atoms with Crippen LogP contribution in [0.2, 0.25) is 0 Å². The molecule has 1 aromatic carbocycles. The second-order valence-corrected chi connectivity index (χ2v) is 6.61. The number of imide groups is 1. The van der Waals surface area contributed by atoms with E-state index in [1.807, 2.05) is 45.9 Å². The molecule has 102 valence electrons. The molecule has 2 heterocycles. The van der Waals surface area contributed by atoms with E-state index in [-0.39, 0.29) is 11.8 Å². The normalized spacial score (nSPS) is 14.1. The standard InChI is InChI=1S/C16H15NO2S/c1-8-5-6-12(7-9(8)2)17-15(18)13-10(3)20-11(4)14(13)16(17)19/h5-7H,1-4H3. The van der Waals surface area contributed by atoms with Gasteiger partial charge in [0.15, 0.2) is 0 Å². The molecule has 1 aliphatic heterocycles. The highest BCUT2D eigenvalue weighted by Gasteiger charge is 2.40. The van der Waals surface area contributed by atoms with Gasteiger partial charge >= 0.3 is 0 Å². The van der Waals surface area contributed by atoms with Crippen LogP contribution >= 0.6 is 11.3 Å². The Kier molecular flexibility index (Phi) is 2.80. The van der Waals surface area contributed by atoms with Gasteiger partial charge in [-0.2, -0.15) is 0 Å². The van der Waals surface area contributed by atoms with Gasteiger partial charge in [-0.1, -0.05) is 6.07 Å². The first kappa shape index (κ1) is 13.1. The predicted molar refractivity (Wildman–Crippen MR) is 80.8 cm³/mol. The maximum Gasteiger partial charge on any atom is 0.267 e. The molecule has 0 saturated carbocycles. The van der Waals surface area contributed by atoms with Gasteiger partial charge in [-0.15, -0.1) is 11.3 Å². The molecular formula is C16H15NO2S. The molecule has 20 heavy (non-hydrogen) atoms. The van der Waals surface area contributed by atoms with E-state index >= 15 is 0 Å². The first-order valence-electron chi connectivity index (χ1n) is 6.48. The van der Waals surface area contributed by atoms with Gasteiger partial charge in [0, 0.05) is 9.75 Å². The van der Waals surface area contributed by atoms with Crippen LogP contribution in [0.5, 0.6) is 0 Å². The van der Waals surface area contributed by atoms with Gasteiger partial charge in [-0.25, -0.2) is 4.90 Å². The monoisotopic (exact) mass is 285 g/mol. The summed E-state index contributed by atoms with van der Waals surface area (Å²) in [5.41, 5.74) is 4.04. The summed E-state index contributed by atoms with van der Waals surface area (Å²) in [7, 11) is 0. The highest BCUT2D eigenvalue weighted by atomic mass is 32.1. The highest BCUT2D eigenvalue weighted by molar-refractivity contribution is 7.12. The van der Waals surface area contributed by atoms with Crippen molar-refractivity contribution in [3.8, 4) is 0 Å². The van der Waals surface area contributed by atoms with Crippen molar-refractivity contribution in [3.63, 3.8) is 0 Å². The number of fused-ring (bicyclic) bond motifs is 1. The van der Waals surface area contributed by atoms with Gasteiger partial charge in [-0.05, 0) is 51.0 Å². The van der Waals surface area contributed by atoms with Crippen molar-refractivity contribution in [2.24, 2.45) is 0 Å². The molecule has 0 fully saturated rings. The Hall–Kier alpha value is -1.94. The van der Waals surface area contributed by atoms with Gasteiger partial charge < -0.3 is 0 Å². The van der Waals surface area contributed by atoms with E-state index in [1.165, 1.54) is 16.2 Å². The van der Waals surface area contributed by atoms with Crippen LogP contribution in [-0.4, -0.2) is 11.8 Å². The van der Waals surface area contributed by atoms with Crippen molar-refractivity contribution in [1.29, 1.82) is 0 Å². The lowest BCUT2D eigenvalue weighted by Gasteiger charge is -2.16. The first-order valence-corrected chi connectivity index (χ1v) is 7.29. The topological polar surface area (TPSA) is 37.4 Å². The predicted octanol–water partition coefficient (Wildman–Crippen LogP) is 3.78. The van der Waals surface area contributed by atoms with E-state index in [0.717, 1.165) is 20.9 Å². The van der Waals surface area contributed by atoms with Crippen LogP contribution in [-0.2, 0) is 0 Å². The highest BCUT2D eigenvalue weighted by Crippen LogP contribution is 2.37. The lowest BCUT2D eigenvalue weighted by Crippen LogP contribution is -2.29. The lowest BCUT2D eigenvalue weighted by molar-refractivity contribution is 0.0926. The molecular weight excluding hydrogens is 270 g/mol. The molecule has 0 bridgehead atoms. The summed E-state index contributed by atoms with van der Waals surface area (Å²) in [6.45, 7) is 7.78. The molecule has 3 rings (SSSR count). The number of hydrogen-bond donors (Lipinski definition) is 0. The zero-order valence-corrected chi connectivity index (χ0v) is 12.7. The number of thiophene rings is 1. The summed E-state index contributed by atoms with van der Waals surface area (Å²) in [4.78, 5) is 28.2. The van der Waals surface area contributed by atoms with Crippen LogP contribution < -0.4 is 4.90 Å². The number of hydrogen-bond acceptors (Lipinski definition) is 3. The Bertz CT molecular complexity index is 722. The molecule has 3 nitrogen and oxygen atoms in total. The van der Waals surface area contributed by atoms with Crippen LogP contribution in [0.1, 0.15) is 41.6 Å². The first-order chi connectivity index (χ1) is 9.41. The van der Waals surface area contributed by atoms with E-state index in [4.69, 9.17) is 0 Å². The second kappa shape index (κ2) is 4.28. The number of anilines is 1. The molecule has 1 aliphatic rings. The molecule has 0 unspecified atom stereocenters.